The molecule has 3 aromatic rings. The van der Waals surface area contributed by atoms with E-state index in [1.54, 1.807) is 26.4 Å². The van der Waals surface area contributed by atoms with Crippen molar-refractivity contribution in [2.45, 2.75) is 6.42 Å². The van der Waals surface area contributed by atoms with E-state index in [2.05, 4.69) is 30.8 Å². The molecule has 2 heterocycles. The average molecular weight is 441 g/mol. The number of hydrogen-bond donors (Lipinski definition) is 0. The minimum absolute atomic E-state index is 0. The van der Waals surface area contributed by atoms with Crippen LogP contribution in [0.5, 0.6) is 11.5 Å². The fourth-order valence-electron chi connectivity index (χ4n) is 3.19. The first-order valence-corrected chi connectivity index (χ1v) is 8.54. The van der Waals surface area contributed by atoms with E-state index in [0.717, 1.165) is 40.9 Å². The third kappa shape index (κ3) is 2.95. The Hall–Kier alpha value is -2.12. The van der Waals surface area contributed by atoms with E-state index in [1.165, 1.54) is 6.33 Å². The van der Waals surface area contributed by atoms with Gasteiger partial charge in [-0.15, -0.1) is 12.4 Å². The molecule has 0 saturated heterocycles. The van der Waals surface area contributed by atoms with Gasteiger partial charge in [-0.25, -0.2) is 14.4 Å². The van der Waals surface area contributed by atoms with Crippen LogP contribution < -0.4 is 14.4 Å². The third-order valence-corrected chi connectivity index (χ3v) is 5.00. The quantitative estimate of drug-likeness (QED) is 0.592. The summed E-state index contributed by atoms with van der Waals surface area (Å²) in [6.07, 6.45) is 2.29. The molecule has 0 N–H and O–H groups in total. The van der Waals surface area contributed by atoms with Crippen LogP contribution in [0, 0.1) is 5.82 Å². The van der Waals surface area contributed by atoms with Crippen molar-refractivity contribution in [1.82, 2.24) is 9.97 Å². The molecule has 0 spiro atoms. The van der Waals surface area contributed by atoms with Gasteiger partial charge in [0.05, 0.1) is 24.2 Å². The minimum atomic E-state index is -0.250. The molecule has 0 aliphatic carbocycles. The Balaban J connectivity index is 0.00000196. The summed E-state index contributed by atoms with van der Waals surface area (Å²) in [6.45, 7) is 0.728. The van der Waals surface area contributed by atoms with Gasteiger partial charge in [0.25, 0.3) is 0 Å². The highest BCUT2D eigenvalue weighted by molar-refractivity contribution is 9.10. The Kier molecular flexibility index (Phi) is 5.20. The van der Waals surface area contributed by atoms with E-state index in [4.69, 9.17) is 9.47 Å². The summed E-state index contributed by atoms with van der Waals surface area (Å²) in [5, 5.41) is 0.855. The van der Waals surface area contributed by atoms with Gasteiger partial charge in [-0.2, -0.15) is 0 Å². The molecule has 0 unspecified atom stereocenters. The number of fused-ring (bicyclic) bond motifs is 2. The molecule has 0 saturated carbocycles. The molecular formula is C18H16BrClFN3O2. The highest BCUT2D eigenvalue weighted by atomic mass is 79.9. The van der Waals surface area contributed by atoms with Gasteiger partial charge >= 0.3 is 0 Å². The van der Waals surface area contributed by atoms with E-state index in [0.29, 0.717) is 16.0 Å². The van der Waals surface area contributed by atoms with Gasteiger partial charge in [0.1, 0.15) is 18.0 Å². The Morgan fingerprint density at radius 1 is 1.08 bits per heavy atom. The van der Waals surface area contributed by atoms with Crippen molar-refractivity contribution in [2.24, 2.45) is 0 Å². The van der Waals surface area contributed by atoms with Crippen LogP contribution in [0.15, 0.2) is 35.1 Å². The van der Waals surface area contributed by atoms with Crippen LogP contribution in [0.4, 0.5) is 15.9 Å². The number of rotatable bonds is 3. The van der Waals surface area contributed by atoms with Gasteiger partial charge in [-0.05, 0) is 46.1 Å². The Bertz CT molecular complexity index is 986. The molecule has 5 nitrogen and oxygen atoms in total. The van der Waals surface area contributed by atoms with Gasteiger partial charge in [0.2, 0.25) is 0 Å². The number of halogens is 3. The van der Waals surface area contributed by atoms with Gasteiger partial charge < -0.3 is 14.4 Å². The molecule has 4 rings (SSSR count). The normalized spacial score (nSPS) is 12.7. The predicted molar refractivity (Wildman–Crippen MR) is 105 cm³/mol. The van der Waals surface area contributed by atoms with Gasteiger partial charge in [0.15, 0.2) is 11.5 Å². The van der Waals surface area contributed by atoms with Crippen molar-refractivity contribution < 1.29 is 13.9 Å². The van der Waals surface area contributed by atoms with Crippen LogP contribution in [-0.4, -0.2) is 30.7 Å². The van der Waals surface area contributed by atoms with Crippen molar-refractivity contribution in [3.8, 4) is 11.5 Å². The number of methoxy groups -OCH3 is 2. The summed E-state index contributed by atoms with van der Waals surface area (Å²) in [5.74, 6) is 1.75. The third-order valence-electron chi connectivity index (χ3n) is 4.39. The molecule has 0 atom stereocenters. The van der Waals surface area contributed by atoms with Crippen molar-refractivity contribution in [1.29, 1.82) is 0 Å². The first kappa shape index (κ1) is 18.7. The van der Waals surface area contributed by atoms with Crippen molar-refractivity contribution in [3.63, 3.8) is 0 Å². The highest BCUT2D eigenvalue weighted by Gasteiger charge is 2.25. The second-order valence-corrected chi connectivity index (χ2v) is 6.57. The van der Waals surface area contributed by atoms with E-state index >= 15 is 0 Å². The minimum Gasteiger partial charge on any atom is -0.493 e. The summed E-state index contributed by atoms with van der Waals surface area (Å²) < 4.78 is 25.0. The van der Waals surface area contributed by atoms with Crippen LogP contribution in [0.25, 0.3) is 10.9 Å². The maximum atomic E-state index is 13.8. The fourth-order valence-corrected chi connectivity index (χ4v) is 3.52. The Morgan fingerprint density at radius 2 is 1.81 bits per heavy atom. The molecule has 2 aromatic carbocycles. The van der Waals surface area contributed by atoms with Crippen molar-refractivity contribution in [2.75, 3.05) is 25.7 Å². The van der Waals surface area contributed by atoms with E-state index in [9.17, 15) is 4.39 Å². The molecule has 1 aliphatic heterocycles. The zero-order chi connectivity index (χ0) is 17.6. The largest absolute Gasteiger partial charge is 0.493 e. The van der Waals surface area contributed by atoms with Gasteiger partial charge in [-0.1, -0.05) is 0 Å². The maximum Gasteiger partial charge on any atom is 0.162 e. The topological polar surface area (TPSA) is 47.5 Å². The van der Waals surface area contributed by atoms with Crippen LogP contribution in [0.2, 0.25) is 0 Å². The lowest BCUT2D eigenvalue weighted by atomic mass is 10.1. The summed E-state index contributed by atoms with van der Waals surface area (Å²) in [4.78, 5) is 10.9. The Morgan fingerprint density at radius 3 is 2.54 bits per heavy atom. The molecular weight excluding hydrogens is 425 g/mol. The predicted octanol–water partition coefficient (Wildman–Crippen LogP) is 4.66. The number of hydrogen-bond acceptors (Lipinski definition) is 5. The van der Waals surface area contributed by atoms with E-state index in [-0.39, 0.29) is 18.2 Å². The first-order valence-electron chi connectivity index (χ1n) is 7.74. The van der Waals surface area contributed by atoms with Crippen LogP contribution in [0.1, 0.15) is 5.56 Å². The summed E-state index contributed by atoms with van der Waals surface area (Å²) in [5.41, 5.74) is 2.67. The van der Waals surface area contributed by atoms with E-state index in [1.807, 2.05) is 12.1 Å². The molecule has 1 aromatic heterocycles. The molecule has 0 amide bonds. The number of nitrogens with zero attached hydrogens (tertiary/aromatic N) is 3. The summed E-state index contributed by atoms with van der Waals surface area (Å²) in [7, 11) is 3.19. The average Bonchev–Trinajstić information content (AvgIpc) is 3.02. The fraction of sp³-hybridized carbons (Fsp3) is 0.222. The van der Waals surface area contributed by atoms with Gasteiger partial charge in [0, 0.05) is 23.7 Å². The molecule has 1 aliphatic rings. The molecule has 136 valence electrons. The summed E-state index contributed by atoms with van der Waals surface area (Å²) >= 11 is 3.27. The lowest BCUT2D eigenvalue weighted by molar-refractivity contribution is 0.356. The van der Waals surface area contributed by atoms with Crippen LogP contribution in [0.3, 0.4) is 0 Å². The second-order valence-electron chi connectivity index (χ2n) is 5.72. The number of benzene rings is 2. The zero-order valence-corrected chi connectivity index (χ0v) is 16.5. The van der Waals surface area contributed by atoms with Crippen molar-refractivity contribution in [3.05, 3.63) is 46.4 Å². The molecule has 0 bridgehead atoms. The SMILES string of the molecule is COc1cc2ncnc(N3CCc4cc(F)c(Br)cc43)c2cc1OC.Cl. The summed E-state index contributed by atoms with van der Waals surface area (Å²) in [6, 6.07) is 7.08. The lowest BCUT2D eigenvalue weighted by Gasteiger charge is -2.21. The molecule has 8 heteroatoms. The number of aromatic nitrogens is 2. The van der Waals surface area contributed by atoms with Crippen LogP contribution >= 0.6 is 28.3 Å². The monoisotopic (exact) mass is 439 g/mol. The second kappa shape index (κ2) is 7.25. The number of anilines is 2. The molecule has 0 radical (unpaired) electrons. The highest BCUT2D eigenvalue weighted by Crippen LogP contribution is 2.41. The van der Waals surface area contributed by atoms with E-state index < -0.39 is 0 Å². The first-order chi connectivity index (χ1) is 12.1. The van der Waals surface area contributed by atoms with Gasteiger partial charge in [-0.3, -0.25) is 0 Å². The lowest BCUT2D eigenvalue weighted by Crippen LogP contribution is -2.15. The Labute approximate surface area is 164 Å². The number of ether oxygens (including phenoxy) is 2. The van der Waals surface area contributed by atoms with Crippen molar-refractivity contribution >= 4 is 50.7 Å². The standard InChI is InChI=1S/C18H15BrFN3O2.ClH/c1-24-16-6-11-14(8-17(16)25-2)21-9-22-18(11)23-4-3-10-5-13(20)12(19)7-15(10)23;/h5-9H,3-4H2,1-2H3;1H. The molecule has 0 fully saturated rings. The molecule has 26 heavy (non-hydrogen) atoms. The van der Waals surface area contributed by atoms with Crippen LogP contribution in [-0.2, 0) is 6.42 Å². The smallest absolute Gasteiger partial charge is 0.162 e. The maximum absolute atomic E-state index is 13.8. The zero-order valence-electron chi connectivity index (χ0n) is 14.1.